The summed E-state index contributed by atoms with van der Waals surface area (Å²) in [6, 6.07) is 9.30. The van der Waals surface area contributed by atoms with Crippen molar-refractivity contribution in [1.29, 1.82) is 0 Å². The molecule has 0 saturated carbocycles. The molecule has 0 spiro atoms. The highest BCUT2D eigenvalue weighted by atomic mass is 19.2. The second-order valence-corrected chi connectivity index (χ2v) is 6.80. The summed E-state index contributed by atoms with van der Waals surface area (Å²) in [6.45, 7) is 4.72. The Hall–Kier alpha value is -2.87. The summed E-state index contributed by atoms with van der Waals surface area (Å²) in [6.07, 6.45) is 0.861. The fraction of sp³-hybridized carbons (Fsp3) is 0.350. The fourth-order valence-electron chi connectivity index (χ4n) is 3.41. The SMILES string of the molecule is O=c1[nH]c2ccc(OCCCN3CCN(c4ccc(F)c(F)c4)CC3)cc2o1. The minimum absolute atomic E-state index is 0.477. The van der Waals surface area contributed by atoms with Crippen molar-refractivity contribution in [2.45, 2.75) is 6.42 Å². The average molecular weight is 389 g/mol. The normalized spacial score (nSPS) is 15.3. The molecule has 0 bridgehead atoms. The van der Waals surface area contributed by atoms with E-state index in [2.05, 4.69) is 14.8 Å². The van der Waals surface area contributed by atoms with E-state index in [-0.39, 0.29) is 0 Å². The Bertz CT molecular complexity index is 1010. The first-order chi connectivity index (χ1) is 13.6. The Morgan fingerprint density at radius 3 is 2.64 bits per heavy atom. The zero-order valence-corrected chi connectivity index (χ0v) is 15.3. The smallest absolute Gasteiger partial charge is 0.417 e. The molecular formula is C20H21F2N3O3. The maximum absolute atomic E-state index is 13.4. The predicted octanol–water partition coefficient (Wildman–Crippen LogP) is 2.99. The van der Waals surface area contributed by atoms with Gasteiger partial charge < -0.3 is 14.1 Å². The zero-order chi connectivity index (χ0) is 19.5. The average Bonchev–Trinajstić information content (AvgIpc) is 3.07. The molecule has 1 saturated heterocycles. The first kappa shape index (κ1) is 18.5. The van der Waals surface area contributed by atoms with Crippen LogP contribution >= 0.6 is 0 Å². The van der Waals surface area contributed by atoms with Crippen LogP contribution in [-0.4, -0.2) is 49.2 Å². The summed E-state index contributed by atoms with van der Waals surface area (Å²) in [5.74, 6) is -1.44. The van der Waals surface area contributed by atoms with Gasteiger partial charge >= 0.3 is 5.76 Å². The molecule has 0 amide bonds. The number of anilines is 1. The number of oxazole rings is 1. The third-order valence-corrected chi connectivity index (χ3v) is 4.92. The summed E-state index contributed by atoms with van der Waals surface area (Å²) < 4.78 is 37.2. The van der Waals surface area contributed by atoms with Crippen LogP contribution in [0.1, 0.15) is 6.42 Å². The number of benzene rings is 2. The molecule has 6 nitrogen and oxygen atoms in total. The van der Waals surface area contributed by atoms with Crippen molar-refractivity contribution in [1.82, 2.24) is 9.88 Å². The number of piperazine rings is 1. The highest BCUT2D eigenvalue weighted by Crippen LogP contribution is 2.20. The standard InChI is InChI=1S/C20H21F2N3O3/c21-16-4-2-14(12-17(16)22)25-9-7-24(8-10-25)6-1-11-27-15-3-5-18-19(13-15)28-20(26)23-18/h2-5,12-13H,1,6-11H2,(H,23,26). The number of nitrogens with one attached hydrogen (secondary N) is 1. The van der Waals surface area contributed by atoms with Gasteiger partial charge in [-0.2, -0.15) is 0 Å². The second-order valence-electron chi connectivity index (χ2n) is 6.80. The van der Waals surface area contributed by atoms with E-state index in [9.17, 15) is 13.6 Å². The molecular weight excluding hydrogens is 368 g/mol. The van der Waals surface area contributed by atoms with Crippen molar-refractivity contribution in [3.05, 3.63) is 58.6 Å². The van der Waals surface area contributed by atoms with Gasteiger partial charge in [0.1, 0.15) is 5.75 Å². The summed E-state index contributed by atoms with van der Waals surface area (Å²) >= 11 is 0. The third kappa shape index (κ3) is 4.17. The molecule has 0 atom stereocenters. The number of aromatic nitrogens is 1. The molecule has 3 aromatic rings. The maximum Gasteiger partial charge on any atom is 0.417 e. The van der Waals surface area contributed by atoms with Gasteiger partial charge in [0.25, 0.3) is 0 Å². The Kier molecular flexibility index (Phi) is 5.29. The quantitative estimate of drug-likeness (QED) is 0.657. The number of hydrogen-bond acceptors (Lipinski definition) is 5. The van der Waals surface area contributed by atoms with E-state index in [4.69, 9.17) is 9.15 Å². The largest absolute Gasteiger partial charge is 0.493 e. The van der Waals surface area contributed by atoms with E-state index in [1.54, 1.807) is 24.3 Å². The van der Waals surface area contributed by atoms with E-state index in [0.717, 1.165) is 39.1 Å². The molecule has 1 N–H and O–H groups in total. The summed E-state index contributed by atoms with van der Waals surface area (Å²) in [7, 11) is 0. The fourth-order valence-corrected chi connectivity index (χ4v) is 3.41. The molecule has 1 aromatic heterocycles. The molecule has 28 heavy (non-hydrogen) atoms. The van der Waals surface area contributed by atoms with Crippen molar-refractivity contribution >= 4 is 16.8 Å². The Balaban J connectivity index is 1.21. The van der Waals surface area contributed by atoms with Crippen LogP contribution in [0.4, 0.5) is 14.5 Å². The van der Waals surface area contributed by atoms with Gasteiger partial charge in [0, 0.05) is 50.5 Å². The van der Waals surface area contributed by atoms with Gasteiger partial charge in [0.2, 0.25) is 0 Å². The lowest BCUT2D eigenvalue weighted by molar-refractivity contribution is 0.224. The molecule has 2 heterocycles. The van der Waals surface area contributed by atoms with Crippen molar-refractivity contribution in [3.8, 4) is 5.75 Å². The Morgan fingerprint density at radius 2 is 1.86 bits per heavy atom. The van der Waals surface area contributed by atoms with E-state index >= 15 is 0 Å². The van der Waals surface area contributed by atoms with Crippen LogP contribution in [0.25, 0.3) is 11.1 Å². The van der Waals surface area contributed by atoms with Gasteiger partial charge in [0.15, 0.2) is 17.2 Å². The summed E-state index contributed by atoms with van der Waals surface area (Å²) in [4.78, 5) is 18.2. The van der Waals surface area contributed by atoms with Crippen LogP contribution in [0.15, 0.2) is 45.6 Å². The van der Waals surface area contributed by atoms with Gasteiger partial charge in [-0.1, -0.05) is 0 Å². The van der Waals surface area contributed by atoms with E-state index in [0.29, 0.717) is 29.1 Å². The number of fused-ring (bicyclic) bond motifs is 1. The van der Waals surface area contributed by atoms with Crippen LogP contribution in [0.3, 0.4) is 0 Å². The molecule has 0 unspecified atom stereocenters. The van der Waals surface area contributed by atoms with Crippen molar-refractivity contribution in [3.63, 3.8) is 0 Å². The lowest BCUT2D eigenvalue weighted by Crippen LogP contribution is -2.46. The highest BCUT2D eigenvalue weighted by molar-refractivity contribution is 5.73. The molecule has 4 rings (SSSR count). The van der Waals surface area contributed by atoms with E-state index in [1.807, 2.05) is 0 Å². The summed E-state index contributed by atoms with van der Waals surface area (Å²) in [5, 5.41) is 0. The first-order valence-electron chi connectivity index (χ1n) is 9.26. The molecule has 8 heteroatoms. The number of ether oxygens (including phenoxy) is 1. The lowest BCUT2D eigenvalue weighted by atomic mass is 10.2. The van der Waals surface area contributed by atoms with Crippen LogP contribution in [0.2, 0.25) is 0 Å². The molecule has 1 aliphatic heterocycles. The summed E-state index contributed by atoms with van der Waals surface area (Å²) in [5.41, 5.74) is 1.85. The van der Waals surface area contributed by atoms with E-state index < -0.39 is 17.4 Å². The van der Waals surface area contributed by atoms with Gasteiger partial charge in [-0.25, -0.2) is 13.6 Å². The number of halogens is 2. The predicted molar refractivity (Wildman–Crippen MR) is 102 cm³/mol. The number of rotatable bonds is 6. The molecule has 0 aliphatic carbocycles. The van der Waals surface area contributed by atoms with Crippen LogP contribution < -0.4 is 15.4 Å². The van der Waals surface area contributed by atoms with Crippen molar-refractivity contribution in [2.24, 2.45) is 0 Å². The van der Waals surface area contributed by atoms with E-state index in [1.165, 1.54) is 12.1 Å². The molecule has 1 aliphatic rings. The first-order valence-corrected chi connectivity index (χ1v) is 9.26. The molecule has 148 valence electrons. The van der Waals surface area contributed by atoms with Crippen LogP contribution in [0, 0.1) is 11.6 Å². The van der Waals surface area contributed by atoms with Gasteiger partial charge in [-0.05, 0) is 30.7 Å². The minimum Gasteiger partial charge on any atom is -0.493 e. The maximum atomic E-state index is 13.4. The third-order valence-electron chi connectivity index (χ3n) is 4.92. The Labute approximate surface area is 160 Å². The van der Waals surface area contributed by atoms with Gasteiger partial charge in [-0.15, -0.1) is 0 Å². The molecule has 2 aromatic carbocycles. The zero-order valence-electron chi connectivity index (χ0n) is 15.3. The number of aromatic amines is 1. The number of H-pyrrole nitrogens is 1. The molecule has 0 radical (unpaired) electrons. The Morgan fingerprint density at radius 1 is 1.04 bits per heavy atom. The number of hydrogen-bond donors (Lipinski definition) is 1. The van der Waals surface area contributed by atoms with Crippen LogP contribution in [-0.2, 0) is 0 Å². The van der Waals surface area contributed by atoms with Crippen LogP contribution in [0.5, 0.6) is 5.75 Å². The number of nitrogens with zero attached hydrogens (tertiary/aromatic N) is 2. The van der Waals surface area contributed by atoms with Gasteiger partial charge in [0.05, 0.1) is 12.1 Å². The van der Waals surface area contributed by atoms with Crippen molar-refractivity contribution in [2.75, 3.05) is 44.2 Å². The molecule has 1 fully saturated rings. The highest BCUT2D eigenvalue weighted by Gasteiger charge is 2.18. The second kappa shape index (κ2) is 8.02. The van der Waals surface area contributed by atoms with Crippen molar-refractivity contribution < 1.29 is 17.9 Å². The lowest BCUT2D eigenvalue weighted by Gasteiger charge is -2.36. The van der Waals surface area contributed by atoms with Gasteiger partial charge in [-0.3, -0.25) is 9.88 Å². The monoisotopic (exact) mass is 389 g/mol. The minimum atomic E-state index is -0.819. The topological polar surface area (TPSA) is 61.7 Å².